The Labute approximate surface area is 389 Å². The number of hydrogen-bond donors (Lipinski definition) is 4. The molecule has 3 unspecified atom stereocenters. The first-order valence-corrected chi connectivity index (χ1v) is 28.5. The molecular formula is C57H113NO4. The van der Waals surface area contributed by atoms with Crippen LogP contribution < -0.4 is 5.32 Å². The van der Waals surface area contributed by atoms with Crippen molar-refractivity contribution in [2.45, 2.75) is 340 Å². The molecule has 4 N–H and O–H groups in total. The van der Waals surface area contributed by atoms with Gasteiger partial charge in [0.2, 0.25) is 5.91 Å². The average molecular weight is 877 g/mol. The van der Waals surface area contributed by atoms with Gasteiger partial charge >= 0.3 is 0 Å². The number of hydrogen-bond acceptors (Lipinski definition) is 4. The zero-order valence-electron chi connectivity index (χ0n) is 42.3. The highest BCUT2D eigenvalue weighted by atomic mass is 16.3. The van der Waals surface area contributed by atoms with Crippen LogP contribution in [0.3, 0.4) is 0 Å². The molecule has 0 bridgehead atoms. The fourth-order valence-corrected chi connectivity index (χ4v) is 9.22. The average Bonchev–Trinajstić information content (AvgIpc) is 3.28. The van der Waals surface area contributed by atoms with E-state index in [1.165, 1.54) is 263 Å². The van der Waals surface area contributed by atoms with Gasteiger partial charge in [-0.15, -0.1) is 0 Å². The van der Waals surface area contributed by atoms with Gasteiger partial charge < -0.3 is 20.6 Å². The largest absolute Gasteiger partial charge is 0.394 e. The highest BCUT2D eigenvalue weighted by Crippen LogP contribution is 2.18. The summed E-state index contributed by atoms with van der Waals surface area (Å²) in [6.07, 6.45) is 65.1. The number of aliphatic hydroxyl groups is 3. The Morgan fingerprint density at radius 2 is 0.645 bits per heavy atom. The number of carbonyl (C=O) groups is 1. The van der Waals surface area contributed by atoms with E-state index in [2.05, 4.69) is 31.3 Å². The summed E-state index contributed by atoms with van der Waals surface area (Å²) in [6, 6.07) is -0.806. The highest BCUT2D eigenvalue weighted by Gasteiger charge is 2.26. The third-order valence-corrected chi connectivity index (χ3v) is 13.6. The molecule has 3 atom stereocenters. The van der Waals surface area contributed by atoms with Gasteiger partial charge in [0.15, 0.2) is 0 Å². The summed E-state index contributed by atoms with van der Waals surface area (Å²) < 4.78 is 0. The number of aliphatic hydroxyl groups excluding tert-OH is 3. The quantitative estimate of drug-likeness (QED) is 0.0362. The van der Waals surface area contributed by atoms with Gasteiger partial charge in [-0.05, 0) is 38.5 Å². The van der Waals surface area contributed by atoms with Crippen LogP contribution >= 0.6 is 0 Å². The summed E-state index contributed by atoms with van der Waals surface area (Å²) in [7, 11) is 0. The van der Waals surface area contributed by atoms with Gasteiger partial charge in [0.05, 0.1) is 18.8 Å². The Hall–Kier alpha value is -0.910. The van der Waals surface area contributed by atoms with Crippen molar-refractivity contribution in [3.8, 4) is 0 Å². The van der Waals surface area contributed by atoms with Crippen LogP contribution in [0.1, 0.15) is 322 Å². The van der Waals surface area contributed by atoms with Gasteiger partial charge in [-0.2, -0.15) is 0 Å². The molecule has 5 nitrogen and oxygen atoms in total. The molecule has 0 aromatic heterocycles. The second-order valence-corrected chi connectivity index (χ2v) is 19.9. The van der Waals surface area contributed by atoms with Crippen molar-refractivity contribution in [2.75, 3.05) is 6.61 Å². The van der Waals surface area contributed by atoms with Crippen LogP contribution in [0.4, 0.5) is 0 Å². The summed E-state index contributed by atoms with van der Waals surface area (Å²) in [5.41, 5.74) is 0. The predicted molar refractivity (Wildman–Crippen MR) is 273 cm³/mol. The zero-order valence-corrected chi connectivity index (χ0v) is 42.3. The minimum absolute atomic E-state index is 0.138. The van der Waals surface area contributed by atoms with E-state index < -0.39 is 18.2 Å². The van der Waals surface area contributed by atoms with E-state index in [0.717, 1.165) is 32.1 Å². The Bertz CT molecular complexity index is 879. The lowest BCUT2D eigenvalue weighted by Crippen LogP contribution is -2.50. The Kier molecular flexibility index (Phi) is 51.9. The first-order valence-electron chi connectivity index (χ1n) is 28.5. The topological polar surface area (TPSA) is 89.8 Å². The van der Waals surface area contributed by atoms with Crippen molar-refractivity contribution in [3.05, 3.63) is 12.2 Å². The minimum atomic E-state index is -1.13. The van der Waals surface area contributed by atoms with E-state index in [1.54, 1.807) is 0 Å². The van der Waals surface area contributed by atoms with Crippen LogP contribution in [-0.2, 0) is 4.79 Å². The third-order valence-electron chi connectivity index (χ3n) is 13.6. The standard InChI is InChI=1S/C57H113NO4/c1-3-5-7-9-11-13-15-17-19-21-22-23-24-25-26-27-28-29-30-31-32-33-34-36-38-40-42-44-46-48-50-52-56(61)58-54(53-59)57(62)55(60)51-49-47-45-43-41-39-37-35-20-18-16-14-12-10-8-6-4-2/h25-26,54-55,57,59-60,62H,3-24,27-53H2,1-2H3,(H,58,61)/b26-25-. The molecule has 5 heteroatoms. The number of unbranched alkanes of at least 4 members (excludes halogenated alkanes) is 43. The molecule has 0 saturated heterocycles. The Balaban J connectivity index is 3.48. The highest BCUT2D eigenvalue weighted by molar-refractivity contribution is 5.76. The fraction of sp³-hybridized carbons (Fsp3) is 0.947. The third kappa shape index (κ3) is 47.1. The summed E-state index contributed by atoms with van der Waals surface area (Å²) in [5, 5.41) is 33.8. The van der Waals surface area contributed by atoms with E-state index in [1.807, 2.05) is 0 Å². The van der Waals surface area contributed by atoms with E-state index in [-0.39, 0.29) is 12.5 Å². The minimum Gasteiger partial charge on any atom is -0.394 e. The molecule has 0 saturated carbocycles. The van der Waals surface area contributed by atoms with Gasteiger partial charge in [-0.25, -0.2) is 0 Å². The summed E-state index contributed by atoms with van der Waals surface area (Å²) in [4.78, 5) is 12.5. The maximum absolute atomic E-state index is 12.5. The number of nitrogens with one attached hydrogen (secondary N) is 1. The lowest BCUT2D eigenvalue weighted by Gasteiger charge is -2.26. The van der Waals surface area contributed by atoms with Crippen LogP contribution in [-0.4, -0.2) is 46.1 Å². The summed E-state index contributed by atoms with van der Waals surface area (Å²) >= 11 is 0. The zero-order chi connectivity index (χ0) is 45.1. The fourth-order valence-electron chi connectivity index (χ4n) is 9.22. The van der Waals surface area contributed by atoms with E-state index in [0.29, 0.717) is 12.8 Å². The van der Waals surface area contributed by atoms with Gasteiger partial charge in [0.25, 0.3) is 0 Å². The van der Waals surface area contributed by atoms with Gasteiger partial charge in [0.1, 0.15) is 6.10 Å². The van der Waals surface area contributed by atoms with E-state index in [9.17, 15) is 20.1 Å². The van der Waals surface area contributed by atoms with Crippen molar-refractivity contribution < 1.29 is 20.1 Å². The number of amides is 1. The molecule has 0 radical (unpaired) electrons. The normalized spacial score (nSPS) is 13.3. The lowest BCUT2D eigenvalue weighted by molar-refractivity contribution is -0.124. The monoisotopic (exact) mass is 876 g/mol. The summed E-state index contributed by atoms with van der Waals surface area (Å²) in [5.74, 6) is -0.138. The molecule has 0 rings (SSSR count). The molecule has 370 valence electrons. The van der Waals surface area contributed by atoms with Crippen LogP contribution in [0, 0.1) is 0 Å². The maximum atomic E-state index is 12.5. The van der Waals surface area contributed by atoms with Gasteiger partial charge in [-0.3, -0.25) is 4.79 Å². The Morgan fingerprint density at radius 1 is 0.387 bits per heavy atom. The molecule has 0 aromatic carbocycles. The molecule has 0 fully saturated rings. The molecule has 0 heterocycles. The smallest absolute Gasteiger partial charge is 0.220 e. The van der Waals surface area contributed by atoms with Crippen LogP contribution in [0.2, 0.25) is 0 Å². The second kappa shape index (κ2) is 52.7. The molecule has 1 amide bonds. The summed E-state index contributed by atoms with van der Waals surface area (Å²) in [6.45, 7) is 4.22. The van der Waals surface area contributed by atoms with Crippen LogP contribution in [0.15, 0.2) is 12.2 Å². The number of allylic oxidation sites excluding steroid dienone is 2. The first-order chi connectivity index (χ1) is 30.6. The van der Waals surface area contributed by atoms with Crippen LogP contribution in [0.5, 0.6) is 0 Å². The molecule has 0 spiro atoms. The molecule has 0 aliphatic carbocycles. The molecular weight excluding hydrogens is 763 g/mol. The lowest BCUT2D eigenvalue weighted by atomic mass is 9.99. The van der Waals surface area contributed by atoms with Crippen molar-refractivity contribution >= 4 is 5.91 Å². The van der Waals surface area contributed by atoms with Gasteiger partial charge in [0, 0.05) is 6.42 Å². The van der Waals surface area contributed by atoms with Crippen LogP contribution in [0.25, 0.3) is 0 Å². The molecule has 0 aliphatic heterocycles. The Morgan fingerprint density at radius 3 is 0.935 bits per heavy atom. The molecule has 0 aliphatic rings. The molecule has 0 aromatic rings. The molecule has 62 heavy (non-hydrogen) atoms. The first kappa shape index (κ1) is 61.1. The maximum Gasteiger partial charge on any atom is 0.220 e. The van der Waals surface area contributed by atoms with E-state index in [4.69, 9.17) is 0 Å². The predicted octanol–water partition coefficient (Wildman–Crippen LogP) is 17.5. The van der Waals surface area contributed by atoms with Crippen molar-refractivity contribution in [3.63, 3.8) is 0 Å². The van der Waals surface area contributed by atoms with Crippen molar-refractivity contribution in [1.82, 2.24) is 5.32 Å². The van der Waals surface area contributed by atoms with Gasteiger partial charge in [-0.1, -0.05) is 289 Å². The SMILES string of the molecule is CCCCCCCCCCCCCC/C=C\CCCCCCCCCCCCCCCCCC(=O)NC(CO)C(O)C(O)CCCCCCCCCCCCCCCCCCC. The number of rotatable bonds is 53. The second-order valence-electron chi connectivity index (χ2n) is 19.9. The van der Waals surface area contributed by atoms with E-state index >= 15 is 0 Å². The number of carbonyl (C=O) groups excluding carboxylic acids is 1. The van der Waals surface area contributed by atoms with Crippen molar-refractivity contribution in [2.24, 2.45) is 0 Å². The van der Waals surface area contributed by atoms with Crippen molar-refractivity contribution in [1.29, 1.82) is 0 Å².